The highest BCUT2D eigenvalue weighted by atomic mass is 16.2. The van der Waals surface area contributed by atoms with Crippen LogP contribution in [0, 0.1) is 16.2 Å². The molecule has 5 heteroatoms. The highest BCUT2D eigenvalue weighted by Crippen LogP contribution is 2.69. The maximum absolute atomic E-state index is 13.3. The largest absolute Gasteiger partial charge is 0.352 e. The van der Waals surface area contributed by atoms with E-state index in [-0.39, 0.29) is 11.7 Å². The molecule has 2 bridgehead atoms. The minimum atomic E-state index is -1.05. The van der Waals surface area contributed by atoms with Crippen LogP contribution in [-0.2, 0) is 9.59 Å². The standard InChI is InChI=1S/C20H25N3O2/c1-5-13-21-17(25)20-12-11-19(4,18(20,2)3)15(16(20)24)23-22-14-9-7-6-8-10-14/h5-10,22H,1,11-13H2,2-4H3,(H,21,25)/b23-15+. The third kappa shape index (κ3) is 2.18. The molecule has 2 atom stereocenters. The van der Waals surface area contributed by atoms with Crippen molar-refractivity contribution >= 4 is 23.1 Å². The van der Waals surface area contributed by atoms with E-state index in [1.54, 1.807) is 6.08 Å². The Morgan fingerprint density at radius 1 is 1.24 bits per heavy atom. The first-order valence-electron chi connectivity index (χ1n) is 8.64. The second-order valence-electron chi connectivity index (χ2n) is 7.63. The lowest BCUT2D eigenvalue weighted by molar-refractivity contribution is -0.143. The van der Waals surface area contributed by atoms with Gasteiger partial charge in [-0.3, -0.25) is 15.0 Å². The fourth-order valence-electron chi connectivity index (χ4n) is 4.42. The van der Waals surface area contributed by atoms with Gasteiger partial charge in [0.2, 0.25) is 5.91 Å². The molecule has 3 rings (SSSR count). The summed E-state index contributed by atoms with van der Waals surface area (Å²) in [5, 5.41) is 7.29. The quantitative estimate of drug-likeness (QED) is 0.492. The van der Waals surface area contributed by atoms with Gasteiger partial charge in [-0.05, 0) is 30.4 Å². The van der Waals surface area contributed by atoms with Gasteiger partial charge in [0.1, 0.15) is 11.1 Å². The van der Waals surface area contributed by atoms with Gasteiger partial charge in [-0.2, -0.15) is 5.10 Å². The zero-order chi connectivity index (χ0) is 18.3. The second kappa shape index (κ2) is 5.83. The van der Waals surface area contributed by atoms with Crippen LogP contribution in [0.25, 0.3) is 0 Å². The van der Waals surface area contributed by atoms with E-state index in [4.69, 9.17) is 0 Å². The Hall–Kier alpha value is -2.43. The van der Waals surface area contributed by atoms with Crippen molar-refractivity contribution in [3.05, 3.63) is 43.0 Å². The lowest BCUT2D eigenvalue weighted by atomic mass is 9.64. The third-order valence-corrected chi connectivity index (χ3v) is 6.44. The van der Waals surface area contributed by atoms with E-state index in [0.29, 0.717) is 18.7 Å². The SMILES string of the molecule is C=CCNC(=O)C12CCC(C)(/C(=N/Nc3ccccc3)C1=O)C2(C)C. The van der Waals surface area contributed by atoms with Crippen LogP contribution in [0.2, 0.25) is 0 Å². The summed E-state index contributed by atoms with van der Waals surface area (Å²) in [4.78, 5) is 26.2. The van der Waals surface area contributed by atoms with Crippen molar-refractivity contribution in [3.63, 3.8) is 0 Å². The predicted molar refractivity (Wildman–Crippen MR) is 99.3 cm³/mol. The lowest BCUT2D eigenvalue weighted by Gasteiger charge is -2.37. The normalized spacial score (nSPS) is 31.2. The summed E-state index contributed by atoms with van der Waals surface area (Å²) in [7, 11) is 0. The number of para-hydroxylation sites is 1. The number of ketones is 1. The molecule has 0 saturated heterocycles. The van der Waals surface area contributed by atoms with Crippen LogP contribution in [0.3, 0.4) is 0 Å². The summed E-state index contributed by atoms with van der Waals surface area (Å²) >= 11 is 0. The van der Waals surface area contributed by atoms with Crippen molar-refractivity contribution in [1.82, 2.24) is 5.32 Å². The number of Topliss-reactive ketones (excluding diaryl/α,β-unsaturated/α-hetero) is 1. The Morgan fingerprint density at radius 2 is 1.92 bits per heavy atom. The van der Waals surface area contributed by atoms with E-state index >= 15 is 0 Å². The summed E-state index contributed by atoms with van der Waals surface area (Å²) < 4.78 is 0. The highest BCUT2D eigenvalue weighted by Gasteiger charge is 2.76. The van der Waals surface area contributed by atoms with Gasteiger partial charge in [0.25, 0.3) is 0 Å². The molecule has 2 fully saturated rings. The predicted octanol–water partition coefficient (Wildman–Crippen LogP) is 3.15. The molecule has 0 aromatic heterocycles. The van der Waals surface area contributed by atoms with E-state index < -0.39 is 16.2 Å². The summed E-state index contributed by atoms with van der Waals surface area (Å²) in [6.07, 6.45) is 2.95. The van der Waals surface area contributed by atoms with Crippen LogP contribution in [0.1, 0.15) is 33.6 Å². The number of carbonyl (C=O) groups is 2. The number of nitrogens with one attached hydrogen (secondary N) is 2. The molecular formula is C20H25N3O2. The van der Waals surface area contributed by atoms with Crippen LogP contribution < -0.4 is 10.7 Å². The van der Waals surface area contributed by atoms with Crippen LogP contribution >= 0.6 is 0 Å². The Bertz CT molecular complexity index is 753. The van der Waals surface area contributed by atoms with Crippen molar-refractivity contribution in [2.45, 2.75) is 33.6 Å². The fourth-order valence-corrected chi connectivity index (χ4v) is 4.42. The van der Waals surface area contributed by atoms with Gasteiger partial charge in [0.15, 0.2) is 5.78 Å². The van der Waals surface area contributed by atoms with Gasteiger partial charge in [0.05, 0.1) is 5.69 Å². The van der Waals surface area contributed by atoms with E-state index in [2.05, 4.69) is 22.4 Å². The van der Waals surface area contributed by atoms with Crippen molar-refractivity contribution in [3.8, 4) is 0 Å². The average Bonchev–Trinajstić information content (AvgIpc) is 2.88. The number of fused-ring (bicyclic) bond motifs is 2. The number of carbonyl (C=O) groups excluding carboxylic acids is 2. The smallest absolute Gasteiger partial charge is 0.234 e. The van der Waals surface area contributed by atoms with E-state index in [0.717, 1.165) is 12.1 Å². The number of rotatable bonds is 5. The molecule has 0 aliphatic heterocycles. The topological polar surface area (TPSA) is 70.6 Å². The summed E-state index contributed by atoms with van der Waals surface area (Å²) in [5.74, 6) is -0.368. The zero-order valence-corrected chi connectivity index (χ0v) is 15.1. The van der Waals surface area contributed by atoms with Gasteiger partial charge in [0, 0.05) is 12.0 Å². The highest BCUT2D eigenvalue weighted by molar-refractivity contribution is 6.50. The maximum Gasteiger partial charge on any atom is 0.234 e. The Labute approximate surface area is 148 Å². The number of nitrogens with zero attached hydrogens (tertiary/aromatic N) is 1. The number of hydrogen-bond donors (Lipinski definition) is 2. The van der Waals surface area contributed by atoms with Gasteiger partial charge < -0.3 is 5.32 Å². The molecule has 2 saturated carbocycles. The number of hydrazone groups is 1. The molecule has 1 aromatic rings. The van der Waals surface area contributed by atoms with Gasteiger partial charge >= 0.3 is 0 Å². The molecule has 0 heterocycles. The minimum absolute atomic E-state index is 0.156. The third-order valence-electron chi connectivity index (χ3n) is 6.44. The Balaban J connectivity index is 1.99. The molecule has 25 heavy (non-hydrogen) atoms. The molecule has 2 N–H and O–H groups in total. The van der Waals surface area contributed by atoms with Gasteiger partial charge in [-0.15, -0.1) is 6.58 Å². The van der Waals surface area contributed by atoms with Gasteiger partial charge in [-0.25, -0.2) is 0 Å². The monoisotopic (exact) mass is 339 g/mol. The average molecular weight is 339 g/mol. The van der Waals surface area contributed by atoms with Crippen LogP contribution in [0.5, 0.6) is 0 Å². The van der Waals surface area contributed by atoms with Crippen LogP contribution in [0.4, 0.5) is 5.69 Å². The van der Waals surface area contributed by atoms with Gasteiger partial charge in [-0.1, -0.05) is 45.0 Å². The molecule has 132 valence electrons. The molecule has 5 nitrogen and oxygen atoms in total. The first-order chi connectivity index (χ1) is 11.8. The summed E-state index contributed by atoms with van der Waals surface area (Å²) in [5.41, 5.74) is 2.29. The van der Waals surface area contributed by atoms with E-state index in [9.17, 15) is 9.59 Å². The number of benzene rings is 1. The summed E-state index contributed by atoms with van der Waals surface area (Å²) in [6, 6.07) is 9.51. The molecule has 1 amide bonds. The minimum Gasteiger partial charge on any atom is -0.352 e. The Morgan fingerprint density at radius 3 is 2.56 bits per heavy atom. The molecule has 0 spiro atoms. The van der Waals surface area contributed by atoms with Crippen molar-refractivity contribution in [2.24, 2.45) is 21.3 Å². The number of amides is 1. The van der Waals surface area contributed by atoms with Crippen molar-refractivity contribution in [2.75, 3.05) is 12.0 Å². The molecule has 2 aliphatic rings. The maximum atomic E-state index is 13.3. The van der Waals surface area contributed by atoms with E-state index in [1.165, 1.54) is 0 Å². The number of anilines is 1. The first kappa shape index (κ1) is 17.4. The summed E-state index contributed by atoms with van der Waals surface area (Å²) in [6.45, 7) is 10.1. The molecular weight excluding hydrogens is 314 g/mol. The number of hydrogen-bond acceptors (Lipinski definition) is 4. The van der Waals surface area contributed by atoms with Crippen LogP contribution in [-0.4, -0.2) is 23.9 Å². The van der Waals surface area contributed by atoms with Crippen molar-refractivity contribution in [1.29, 1.82) is 0 Å². The Kier molecular flexibility index (Phi) is 4.06. The molecule has 0 radical (unpaired) electrons. The molecule has 2 unspecified atom stereocenters. The van der Waals surface area contributed by atoms with Crippen LogP contribution in [0.15, 0.2) is 48.1 Å². The first-order valence-corrected chi connectivity index (χ1v) is 8.64. The van der Waals surface area contributed by atoms with E-state index in [1.807, 2.05) is 51.1 Å². The molecule has 2 aliphatic carbocycles. The van der Waals surface area contributed by atoms with Crippen molar-refractivity contribution < 1.29 is 9.59 Å². The molecule has 1 aromatic carbocycles. The fraction of sp³-hybridized carbons (Fsp3) is 0.450. The lowest BCUT2D eigenvalue weighted by Crippen LogP contribution is -2.50. The zero-order valence-electron chi connectivity index (χ0n) is 15.1. The second-order valence-corrected chi connectivity index (χ2v) is 7.63.